The van der Waals surface area contributed by atoms with Crippen LogP contribution in [-0.4, -0.2) is 5.66 Å². The molecule has 3 aliphatic carbocycles. The van der Waals surface area contributed by atoms with Gasteiger partial charge in [-0.2, -0.15) is 0 Å². The smallest absolute Gasteiger partial charge is 0.0126 e. The van der Waals surface area contributed by atoms with Crippen molar-refractivity contribution in [3.05, 3.63) is 60.7 Å². The van der Waals surface area contributed by atoms with Gasteiger partial charge in [-0.25, -0.2) is 0 Å². The van der Waals surface area contributed by atoms with Gasteiger partial charge in [0.15, 0.2) is 0 Å². The Morgan fingerprint density at radius 3 is 1.53 bits per heavy atom. The predicted octanol–water partition coefficient (Wildman–Crippen LogP) is 9.09. The van der Waals surface area contributed by atoms with Gasteiger partial charge in [-0.3, -0.25) is 0 Å². The summed E-state index contributed by atoms with van der Waals surface area (Å²) in [4.78, 5) is 0. The summed E-state index contributed by atoms with van der Waals surface area (Å²) in [6, 6.07) is 23.1. The quantitative estimate of drug-likeness (QED) is 0.351. The minimum atomic E-state index is -0.269. The molecule has 3 atom stereocenters. The lowest BCUT2D eigenvalue weighted by atomic mass is 9.61. The Morgan fingerprint density at radius 1 is 0.559 bits per heavy atom. The van der Waals surface area contributed by atoms with Crippen molar-refractivity contribution in [2.45, 2.75) is 102 Å². The van der Waals surface area contributed by atoms with Gasteiger partial charge in [0, 0.05) is 0 Å². The first kappa shape index (κ1) is 24.6. The number of rotatable bonds is 7. The topological polar surface area (TPSA) is 0 Å². The van der Waals surface area contributed by atoms with E-state index >= 15 is 0 Å². The van der Waals surface area contributed by atoms with Gasteiger partial charge in [-0.1, -0.05) is 145 Å². The maximum atomic E-state index is 2.72. The van der Waals surface area contributed by atoms with Crippen LogP contribution in [0.1, 0.15) is 96.8 Å². The molecule has 0 radical (unpaired) electrons. The molecule has 0 spiro atoms. The van der Waals surface area contributed by atoms with Gasteiger partial charge >= 0.3 is 0 Å². The molecule has 0 bridgehead atoms. The van der Waals surface area contributed by atoms with E-state index in [1.807, 2.05) is 0 Å². The van der Waals surface area contributed by atoms with Crippen molar-refractivity contribution in [3.63, 3.8) is 0 Å². The fourth-order valence-corrected chi connectivity index (χ4v) is 11.3. The first-order valence-corrected chi connectivity index (χ1v) is 16.1. The van der Waals surface area contributed by atoms with E-state index in [2.05, 4.69) is 67.6 Å². The van der Waals surface area contributed by atoms with Gasteiger partial charge in [0.05, 0.1) is 0 Å². The van der Waals surface area contributed by atoms with Gasteiger partial charge in [-0.05, 0) is 66.6 Å². The van der Waals surface area contributed by atoms with Crippen molar-refractivity contribution in [2.75, 3.05) is 0 Å². The van der Waals surface area contributed by atoms with Crippen molar-refractivity contribution >= 4 is 18.5 Å². The molecular weight excluding hydrogens is 427 g/mol. The van der Waals surface area contributed by atoms with E-state index < -0.39 is 0 Å². The highest BCUT2D eigenvalue weighted by atomic mass is 31.1. The molecule has 0 heterocycles. The molecule has 0 saturated heterocycles. The van der Waals surface area contributed by atoms with E-state index in [-0.39, 0.29) is 7.92 Å². The van der Waals surface area contributed by atoms with Crippen LogP contribution in [-0.2, 0) is 0 Å². The molecule has 1 heteroatoms. The molecule has 34 heavy (non-hydrogen) atoms. The predicted molar refractivity (Wildman–Crippen MR) is 151 cm³/mol. The maximum Gasteiger partial charge on any atom is -0.0126 e. The molecule has 5 rings (SSSR count). The Kier molecular flexibility index (Phi) is 8.82. The van der Waals surface area contributed by atoms with Crippen LogP contribution in [0.3, 0.4) is 0 Å². The van der Waals surface area contributed by atoms with Crippen molar-refractivity contribution in [1.82, 2.24) is 0 Å². The highest BCUT2D eigenvalue weighted by Crippen LogP contribution is 2.52. The largest absolute Gasteiger partial charge is 0.0622 e. The van der Waals surface area contributed by atoms with Crippen LogP contribution in [0.5, 0.6) is 0 Å². The summed E-state index contributed by atoms with van der Waals surface area (Å²) in [5.74, 6) is 4.90. The summed E-state index contributed by atoms with van der Waals surface area (Å²) in [5, 5.41) is 3.19. The van der Waals surface area contributed by atoms with Crippen molar-refractivity contribution in [1.29, 1.82) is 0 Å². The van der Waals surface area contributed by atoms with Crippen LogP contribution < -0.4 is 10.6 Å². The van der Waals surface area contributed by atoms with E-state index in [1.165, 1.54) is 89.9 Å². The number of hydrogen-bond donors (Lipinski definition) is 0. The summed E-state index contributed by atoms with van der Waals surface area (Å²) in [6.45, 7) is 2.72. The average Bonchev–Trinajstić information content (AvgIpc) is 2.92. The van der Waals surface area contributed by atoms with Crippen LogP contribution >= 0.6 is 7.92 Å². The first-order chi connectivity index (χ1) is 16.8. The lowest BCUT2D eigenvalue weighted by Gasteiger charge is -2.46. The third kappa shape index (κ3) is 5.81. The Balaban J connectivity index is 1.38. The molecule has 3 saturated carbocycles. The molecule has 0 amide bonds. The molecule has 2 unspecified atom stereocenters. The van der Waals surface area contributed by atoms with Crippen LogP contribution in [0.2, 0.25) is 0 Å². The van der Waals surface area contributed by atoms with Gasteiger partial charge in [-0.15, -0.1) is 0 Å². The minimum absolute atomic E-state index is 0.269. The third-order valence-corrected chi connectivity index (χ3v) is 12.8. The molecular formula is C33H47P. The van der Waals surface area contributed by atoms with Crippen LogP contribution in [0.4, 0.5) is 0 Å². The molecule has 0 aromatic heterocycles. The van der Waals surface area contributed by atoms with E-state index in [4.69, 9.17) is 0 Å². The third-order valence-electron chi connectivity index (χ3n) is 9.86. The zero-order valence-corrected chi connectivity index (χ0v) is 22.5. The zero-order valence-electron chi connectivity index (χ0n) is 21.6. The second-order valence-electron chi connectivity index (χ2n) is 11.9. The molecule has 0 aliphatic heterocycles. The number of hydrogen-bond acceptors (Lipinski definition) is 0. The van der Waals surface area contributed by atoms with Gasteiger partial charge in [0.25, 0.3) is 0 Å². The number of benzene rings is 2. The molecule has 0 nitrogen and oxygen atoms in total. The monoisotopic (exact) mass is 474 g/mol. The van der Waals surface area contributed by atoms with E-state index in [1.54, 1.807) is 10.6 Å². The summed E-state index contributed by atoms with van der Waals surface area (Å²) < 4.78 is 0. The lowest BCUT2D eigenvalue weighted by molar-refractivity contribution is 0.0544. The summed E-state index contributed by atoms with van der Waals surface area (Å²) in [6.07, 6.45) is 20.9. The van der Waals surface area contributed by atoms with Crippen molar-refractivity contribution < 1.29 is 0 Å². The molecule has 0 N–H and O–H groups in total. The Hall–Kier alpha value is -1.13. The van der Waals surface area contributed by atoms with Crippen molar-refractivity contribution in [2.24, 2.45) is 29.6 Å². The Labute approximate surface area is 211 Å². The van der Waals surface area contributed by atoms with Crippen LogP contribution in [0.15, 0.2) is 60.7 Å². The molecule has 3 fully saturated rings. The second kappa shape index (κ2) is 12.2. The van der Waals surface area contributed by atoms with E-state index in [0.717, 1.165) is 35.2 Å². The van der Waals surface area contributed by atoms with E-state index in [0.29, 0.717) is 0 Å². The zero-order chi connectivity index (χ0) is 23.2. The Morgan fingerprint density at radius 2 is 1.03 bits per heavy atom. The highest BCUT2D eigenvalue weighted by Gasteiger charge is 2.40. The van der Waals surface area contributed by atoms with Crippen molar-refractivity contribution in [3.8, 4) is 0 Å². The van der Waals surface area contributed by atoms with Crippen LogP contribution in [0.25, 0.3) is 0 Å². The lowest BCUT2D eigenvalue weighted by Crippen LogP contribution is -2.38. The Bertz CT molecular complexity index is 776. The average molecular weight is 475 g/mol. The fourth-order valence-electron chi connectivity index (χ4n) is 8.26. The normalized spacial score (nSPS) is 26.1. The SMILES string of the molecule is C[C@@H](C1CCCC(P(c2ccccc2)c2ccccc2)C1)C(C1CCCCC1)C1CCCCC1. The summed E-state index contributed by atoms with van der Waals surface area (Å²) >= 11 is 0. The summed E-state index contributed by atoms with van der Waals surface area (Å²) in [7, 11) is -0.269. The van der Waals surface area contributed by atoms with Gasteiger partial charge < -0.3 is 0 Å². The first-order valence-electron chi connectivity index (χ1n) is 14.7. The minimum Gasteiger partial charge on any atom is -0.0622 e. The fraction of sp³-hybridized carbons (Fsp3) is 0.636. The highest BCUT2D eigenvalue weighted by molar-refractivity contribution is 7.73. The second-order valence-corrected chi connectivity index (χ2v) is 14.4. The summed E-state index contributed by atoms with van der Waals surface area (Å²) in [5.41, 5.74) is 0.847. The molecule has 3 aliphatic rings. The maximum absolute atomic E-state index is 2.72. The molecule has 184 valence electrons. The van der Waals surface area contributed by atoms with Crippen LogP contribution in [0, 0.1) is 29.6 Å². The van der Waals surface area contributed by atoms with E-state index in [9.17, 15) is 0 Å². The van der Waals surface area contributed by atoms with Gasteiger partial charge in [0.1, 0.15) is 0 Å². The molecule has 2 aromatic rings. The molecule has 2 aromatic carbocycles. The standard InChI is InChI=1S/C33H47P/c1-26(33(27-15-6-2-7-16-27)28-17-8-3-9-18-28)29-19-14-24-32(25-29)34(30-20-10-4-11-21-30)31-22-12-5-13-23-31/h4-5,10-13,20-23,26-29,32-33H,2-3,6-9,14-19,24-25H2,1H3/t26-,29?,32?/m0/s1. The van der Waals surface area contributed by atoms with Gasteiger partial charge in [0.2, 0.25) is 0 Å².